The summed E-state index contributed by atoms with van der Waals surface area (Å²) < 4.78 is 8.70. The number of halogens is 1. The first-order valence-corrected chi connectivity index (χ1v) is 14.9. The van der Waals surface area contributed by atoms with Crippen LogP contribution in [-0.2, 0) is 17.9 Å². The molecule has 6 rings (SSSR count). The summed E-state index contributed by atoms with van der Waals surface area (Å²) in [6.45, 7) is 3.29. The fourth-order valence-electron chi connectivity index (χ4n) is 5.00. The lowest BCUT2D eigenvalue weighted by Gasteiger charge is -2.16. The Bertz CT molecular complexity index is 1780. The van der Waals surface area contributed by atoms with Gasteiger partial charge in [0.1, 0.15) is 5.75 Å². The minimum Gasteiger partial charge on any atom is -0.497 e. The molecule has 0 unspecified atom stereocenters. The summed E-state index contributed by atoms with van der Waals surface area (Å²) in [5, 5.41) is 1.79. The van der Waals surface area contributed by atoms with Crippen LogP contribution in [0.3, 0.4) is 0 Å². The van der Waals surface area contributed by atoms with Crippen molar-refractivity contribution in [3.05, 3.63) is 135 Å². The van der Waals surface area contributed by atoms with Crippen molar-refractivity contribution in [3.8, 4) is 5.75 Å². The molecule has 1 aliphatic heterocycles. The summed E-state index contributed by atoms with van der Waals surface area (Å²) in [5.74, 6) is 0.731. The standard InChI is InChI=1S/C34H28BrN3O2S/c1-23-30(29-10-6-7-11-31(29)37(23)21-24-12-16-26(35)17-13-24)20-32-33(39)38(22-25-14-18-28(40-2)19-15-25)34(41-32)36-27-8-4-3-5-9-27/h3-20H,21-22H2,1-2H3/b32-20-,36-34?. The number of aromatic nitrogens is 1. The topological polar surface area (TPSA) is 46.8 Å². The molecule has 0 radical (unpaired) electrons. The molecule has 1 amide bonds. The zero-order valence-electron chi connectivity index (χ0n) is 22.8. The predicted octanol–water partition coefficient (Wildman–Crippen LogP) is 8.57. The van der Waals surface area contributed by atoms with Crippen molar-refractivity contribution in [1.29, 1.82) is 0 Å². The fraction of sp³-hybridized carbons (Fsp3) is 0.118. The maximum atomic E-state index is 13.9. The molecule has 1 aliphatic rings. The molecule has 4 aromatic carbocycles. The first-order chi connectivity index (χ1) is 20.0. The van der Waals surface area contributed by atoms with E-state index in [1.807, 2.05) is 60.7 Å². The Morgan fingerprint density at radius 1 is 0.854 bits per heavy atom. The van der Waals surface area contributed by atoms with E-state index in [2.05, 4.69) is 76.0 Å². The van der Waals surface area contributed by atoms with Gasteiger partial charge in [0.25, 0.3) is 5.91 Å². The van der Waals surface area contributed by atoms with E-state index in [1.165, 1.54) is 17.3 Å². The first kappa shape index (κ1) is 27.1. The number of carbonyl (C=O) groups is 1. The molecule has 1 aromatic heterocycles. The molecule has 7 heteroatoms. The van der Waals surface area contributed by atoms with Gasteiger partial charge < -0.3 is 9.30 Å². The van der Waals surface area contributed by atoms with Gasteiger partial charge in [-0.1, -0.05) is 76.6 Å². The molecule has 1 fully saturated rings. The van der Waals surface area contributed by atoms with Crippen LogP contribution in [0.2, 0.25) is 0 Å². The zero-order chi connectivity index (χ0) is 28.3. The molecule has 0 N–H and O–H groups in total. The number of methoxy groups -OCH3 is 1. The Morgan fingerprint density at radius 2 is 1.51 bits per heavy atom. The Morgan fingerprint density at radius 3 is 2.24 bits per heavy atom. The number of hydrogen-bond acceptors (Lipinski definition) is 4. The highest BCUT2D eigenvalue weighted by molar-refractivity contribution is 9.10. The van der Waals surface area contributed by atoms with Gasteiger partial charge in [-0.2, -0.15) is 0 Å². The minimum absolute atomic E-state index is 0.0513. The van der Waals surface area contributed by atoms with Crippen LogP contribution in [0.25, 0.3) is 17.0 Å². The number of hydrogen-bond donors (Lipinski definition) is 0. The third-order valence-corrected chi connectivity index (χ3v) is 8.71. The van der Waals surface area contributed by atoms with Crippen LogP contribution in [0.15, 0.2) is 117 Å². The van der Waals surface area contributed by atoms with Crippen molar-refractivity contribution < 1.29 is 9.53 Å². The highest BCUT2D eigenvalue weighted by Gasteiger charge is 2.34. The van der Waals surface area contributed by atoms with Crippen LogP contribution in [0.1, 0.15) is 22.4 Å². The Hall–Kier alpha value is -4.07. The quantitative estimate of drug-likeness (QED) is 0.171. The molecule has 0 spiro atoms. The zero-order valence-corrected chi connectivity index (χ0v) is 25.2. The molecule has 2 heterocycles. The van der Waals surface area contributed by atoms with Gasteiger partial charge in [0, 0.05) is 33.2 Å². The van der Waals surface area contributed by atoms with Crippen molar-refractivity contribution in [3.63, 3.8) is 0 Å². The molecule has 0 atom stereocenters. The van der Waals surface area contributed by atoms with E-state index in [0.717, 1.165) is 50.2 Å². The maximum absolute atomic E-state index is 13.9. The third kappa shape index (κ3) is 5.73. The van der Waals surface area contributed by atoms with E-state index in [-0.39, 0.29) is 5.91 Å². The summed E-state index contributed by atoms with van der Waals surface area (Å²) in [4.78, 5) is 21.2. The van der Waals surface area contributed by atoms with Gasteiger partial charge in [-0.25, -0.2) is 4.99 Å². The Labute approximate surface area is 252 Å². The van der Waals surface area contributed by atoms with E-state index in [4.69, 9.17) is 9.73 Å². The van der Waals surface area contributed by atoms with E-state index >= 15 is 0 Å². The van der Waals surface area contributed by atoms with Gasteiger partial charge in [-0.15, -0.1) is 0 Å². The second-order valence-electron chi connectivity index (χ2n) is 9.81. The van der Waals surface area contributed by atoms with Gasteiger partial charge in [0.05, 0.1) is 24.2 Å². The fourth-order valence-corrected chi connectivity index (χ4v) is 6.25. The van der Waals surface area contributed by atoms with Crippen molar-refractivity contribution in [2.45, 2.75) is 20.0 Å². The summed E-state index contributed by atoms with van der Waals surface area (Å²) >= 11 is 4.96. The van der Waals surface area contributed by atoms with Crippen LogP contribution >= 0.6 is 27.7 Å². The molecule has 0 aliphatic carbocycles. The normalized spacial score (nSPS) is 15.4. The van der Waals surface area contributed by atoms with Crippen LogP contribution < -0.4 is 4.74 Å². The number of rotatable bonds is 7. The van der Waals surface area contributed by atoms with Crippen molar-refractivity contribution in [2.75, 3.05) is 7.11 Å². The van der Waals surface area contributed by atoms with Gasteiger partial charge in [0.15, 0.2) is 5.17 Å². The number of ether oxygens (including phenoxy) is 1. The monoisotopic (exact) mass is 621 g/mol. The smallest absolute Gasteiger partial charge is 0.267 e. The molecule has 0 bridgehead atoms. The van der Waals surface area contributed by atoms with Gasteiger partial charge in [0.2, 0.25) is 0 Å². The number of fused-ring (bicyclic) bond motifs is 1. The van der Waals surface area contributed by atoms with Gasteiger partial charge >= 0.3 is 0 Å². The number of carbonyl (C=O) groups excluding carboxylic acids is 1. The number of amidine groups is 1. The van der Waals surface area contributed by atoms with Crippen molar-refractivity contribution in [2.24, 2.45) is 4.99 Å². The summed E-state index contributed by atoms with van der Waals surface area (Å²) in [6, 6.07) is 34.4. The number of nitrogens with zero attached hydrogens (tertiary/aromatic N) is 3. The highest BCUT2D eigenvalue weighted by Crippen LogP contribution is 2.38. The summed E-state index contributed by atoms with van der Waals surface area (Å²) in [5.41, 5.74) is 6.34. The third-order valence-electron chi connectivity index (χ3n) is 7.18. The van der Waals surface area contributed by atoms with Gasteiger partial charge in [-0.3, -0.25) is 9.69 Å². The highest BCUT2D eigenvalue weighted by atomic mass is 79.9. The second kappa shape index (κ2) is 11.8. The lowest BCUT2D eigenvalue weighted by Crippen LogP contribution is -2.28. The number of amides is 1. The Balaban J connectivity index is 1.40. The lowest BCUT2D eigenvalue weighted by molar-refractivity contribution is -0.122. The Kier molecular flexibility index (Phi) is 7.81. The predicted molar refractivity (Wildman–Crippen MR) is 173 cm³/mol. The summed E-state index contributed by atoms with van der Waals surface area (Å²) in [6.07, 6.45) is 2.04. The number of thioether (sulfide) groups is 1. The van der Waals surface area contributed by atoms with E-state index in [1.54, 1.807) is 12.0 Å². The maximum Gasteiger partial charge on any atom is 0.267 e. The van der Waals surface area contributed by atoms with Crippen LogP contribution in [-0.4, -0.2) is 27.7 Å². The number of benzene rings is 4. The van der Waals surface area contributed by atoms with E-state index < -0.39 is 0 Å². The minimum atomic E-state index is -0.0513. The largest absolute Gasteiger partial charge is 0.497 e. The van der Waals surface area contributed by atoms with Crippen LogP contribution in [0.5, 0.6) is 5.75 Å². The number of aliphatic imine (C=N–C) groups is 1. The first-order valence-electron chi connectivity index (χ1n) is 13.3. The molecule has 204 valence electrons. The molecule has 1 saturated heterocycles. The second-order valence-corrected chi connectivity index (χ2v) is 11.7. The van der Waals surface area contributed by atoms with Crippen LogP contribution in [0.4, 0.5) is 5.69 Å². The van der Waals surface area contributed by atoms with E-state index in [9.17, 15) is 4.79 Å². The average Bonchev–Trinajstić information content (AvgIpc) is 3.43. The average molecular weight is 623 g/mol. The van der Waals surface area contributed by atoms with Crippen molar-refractivity contribution in [1.82, 2.24) is 9.47 Å². The molecular weight excluding hydrogens is 594 g/mol. The summed E-state index contributed by atoms with van der Waals surface area (Å²) in [7, 11) is 1.65. The van der Waals surface area contributed by atoms with E-state index in [0.29, 0.717) is 16.6 Å². The van der Waals surface area contributed by atoms with Crippen molar-refractivity contribution >= 4 is 61.4 Å². The lowest BCUT2D eigenvalue weighted by atomic mass is 10.1. The molecule has 5 nitrogen and oxygen atoms in total. The molecule has 5 aromatic rings. The molecule has 41 heavy (non-hydrogen) atoms. The molecule has 0 saturated carbocycles. The van der Waals surface area contributed by atoms with Gasteiger partial charge in [-0.05, 0) is 78.4 Å². The molecular formula is C34H28BrN3O2S. The number of para-hydroxylation sites is 2. The van der Waals surface area contributed by atoms with Crippen LogP contribution in [0, 0.1) is 6.92 Å². The SMILES string of the molecule is COc1ccc(CN2C(=O)/C(=C/c3c(C)n(Cc4ccc(Br)cc4)c4ccccc34)SC2=Nc2ccccc2)cc1.